The molecule has 0 saturated heterocycles. The SMILES string of the molecule is CCOC(C)n1cc(-c2cn3nc(Br)nc3cc2C)cn1. The van der Waals surface area contributed by atoms with Gasteiger partial charge >= 0.3 is 0 Å². The zero-order valence-electron chi connectivity index (χ0n) is 12.1. The summed E-state index contributed by atoms with van der Waals surface area (Å²) in [5, 5.41) is 8.66. The van der Waals surface area contributed by atoms with E-state index in [1.54, 1.807) is 4.52 Å². The predicted octanol–water partition coefficient (Wildman–Crippen LogP) is 3.22. The van der Waals surface area contributed by atoms with Crippen LogP contribution in [-0.4, -0.2) is 31.0 Å². The fraction of sp³-hybridized carbons (Fsp3) is 0.357. The molecule has 0 spiro atoms. The lowest BCUT2D eigenvalue weighted by Gasteiger charge is -2.11. The molecule has 1 unspecified atom stereocenters. The van der Waals surface area contributed by atoms with Crippen LogP contribution in [0.3, 0.4) is 0 Å². The van der Waals surface area contributed by atoms with Gasteiger partial charge in [0, 0.05) is 30.1 Å². The minimum atomic E-state index is -0.0756. The Balaban J connectivity index is 2.01. The molecule has 0 aliphatic heterocycles. The normalized spacial score (nSPS) is 13.0. The highest BCUT2D eigenvalue weighted by molar-refractivity contribution is 9.10. The van der Waals surface area contributed by atoms with E-state index in [0.29, 0.717) is 11.3 Å². The maximum absolute atomic E-state index is 5.55. The van der Waals surface area contributed by atoms with Crippen molar-refractivity contribution in [2.75, 3.05) is 6.61 Å². The van der Waals surface area contributed by atoms with Crippen molar-refractivity contribution >= 4 is 21.6 Å². The van der Waals surface area contributed by atoms with Crippen LogP contribution in [0.1, 0.15) is 25.6 Å². The van der Waals surface area contributed by atoms with Gasteiger partial charge in [0.05, 0.1) is 6.20 Å². The molecule has 21 heavy (non-hydrogen) atoms. The first-order valence-electron chi connectivity index (χ1n) is 6.77. The fourth-order valence-corrected chi connectivity index (χ4v) is 2.65. The molecule has 0 bridgehead atoms. The van der Waals surface area contributed by atoms with E-state index in [9.17, 15) is 0 Å². The van der Waals surface area contributed by atoms with Crippen LogP contribution in [0.15, 0.2) is 29.4 Å². The number of hydrogen-bond acceptors (Lipinski definition) is 4. The maximum Gasteiger partial charge on any atom is 0.218 e. The molecule has 6 nitrogen and oxygen atoms in total. The zero-order chi connectivity index (χ0) is 15.0. The highest BCUT2D eigenvalue weighted by Crippen LogP contribution is 2.25. The fourth-order valence-electron chi connectivity index (χ4n) is 2.29. The van der Waals surface area contributed by atoms with E-state index in [0.717, 1.165) is 22.3 Å². The van der Waals surface area contributed by atoms with Crippen molar-refractivity contribution < 1.29 is 4.74 Å². The van der Waals surface area contributed by atoms with Crippen LogP contribution in [0, 0.1) is 6.92 Å². The van der Waals surface area contributed by atoms with E-state index < -0.39 is 0 Å². The van der Waals surface area contributed by atoms with E-state index in [-0.39, 0.29) is 6.23 Å². The third-order valence-electron chi connectivity index (χ3n) is 3.35. The van der Waals surface area contributed by atoms with E-state index in [4.69, 9.17) is 4.74 Å². The molecule has 0 radical (unpaired) electrons. The number of hydrogen-bond donors (Lipinski definition) is 0. The van der Waals surface area contributed by atoms with Crippen LogP contribution >= 0.6 is 15.9 Å². The minimum Gasteiger partial charge on any atom is -0.357 e. The van der Waals surface area contributed by atoms with Crippen molar-refractivity contribution in [3.8, 4) is 11.1 Å². The highest BCUT2D eigenvalue weighted by Gasteiger charge is 2.11. The third-order valence-corrected chi connectivity index (χ3v) is 3.68. The number of pyridine rings is 1. The molecule has 3 aromatic heterocycles. The molecule has 0 N–H and O–H groups in total. The van der Waals surface area contributed by atoms with Gasteiger partial charge in [-0.2, -0.15) is 5.10 Å². The number of aryl methyl sites for hydroxylation is 1. The number of aromatic nitrogens is 5. The second-order valence-electron chi connectivity index (χ2n) is 4.82. The van der Waals surface area contributed by atoms with Crippen molar-refractivity contribution in [3.05, 3.63) is 35.0 Å². The Morgan fingerprint density at radius 2 is 2.19 bits per heavy atom. The van der Waals surface area contributed by atoms with Crippen LogP contribution < -0.4 is 0 Å². The molecule has 1 atom stereocenters. The Labute approximate surface area is 130 Å². The molecule has 3 heterocycles. The van der Waals surface area contributed by atoms with Gasteiger partial charge in [0.2, 0.25) is 4.73 Å². The van der Waals surface area contributed by atoms with E-state index in [1.807, 2.05) is 43.2 Å². The van der Waals surface area contributed by atoms with Gasteiger partial charge < -0.3 is 4.74 Å². The Morgan fingerprint density at radius 1 is 1.38 bits per heavy atom. The summed E-state index contributed by atoms with van der Waals surface area (Å²) in [6.07, 6.45) is 5.72. The standard InChI is InChI=1S/C14H16BrN5O/c1-4-21-10(3)19-7-11(6-16-19)12-8-20-13(5-9(12)2)17-14(15)18-20/h5-8,10H,4H2,1-3H3. The largest absolute Gasteiger partial charge is 0.357 e. The molecule has 0 amide bonds. The first kappa shape index (κ1) is 14.2. The summed E-state index contributed by atoms with van der Waals surface area (Å²) in [5.41, 5.74) is 4.06. The number of fused-ring (bicyclic) bond motifs is 1. The molecule has 110 valence electrons. The molecule has 0 fully saturated rings. The summed E-state index contributed by atoms with van der Waals surface area (Å²) in [6.45, 7) is 6.67. The first-order chi connectivity index (χ1) is 10.1. The van der Waals surface area contributed by atoms with Gasteiger partial charge in [0.1, 0.15) is 6.23 Å². The zero-order valence-corrected chi connectivity index (χ0v) is 13.7. The van der Waals surface area contributed by atoms with Crippen molar-refractivity contribution in [2.24, 2.45) is 0 Å². The Morgan fingerprint density at radius 3 is 2.95 bits per heavy atom. The summed E-state index contributed by atoms with van der Waals surface area (Å²) >= 11 is 3.29. The summed E-state index contributed by atoms with van der Waals surface area (Å²) in [6, 6.07) is 2.01. The molecule has 3 rings (SSSR count). The molecule has 3 aromatic rings. The third kappa shape index (κ3) is 2.71. The number of nitrogens with zero attached hydrogens (tertiary/aromatic N) is 5. The van der Waals surface area contributed by atoms with Gasteiger partial charge in [-0.3, -0.25) is 0 Å². The Kier molecular flexibility index (Phi) is 3.77. The van der Waals surface area contributed by atoms with Gasteiger partial charge in [-0.25, -0.2) is 14.2 Å². The number of ether oxygens (including phenoxy) is 1. The minimum absolute atomic E-state index is 0.0756. The van der Waals surface area contributed by atoms with Crippen LogP contribution in [0.5, 0.6) is 0 Å². The van der Waals surface area contributed by atoms with E-state index in [2.05, 4.69) is 38.0 Å². The average Bonchev–Trinajstić information content (AvgIpc) is 3.03. The Hall–Kier alpha value is -1.73. The topological polar surface area (TPSA) is 57.2 Å². The van der Waals surface area contributed by atoms with Crippen LogP contribution in [-0.2, 0) is 4.74 Å². The average molecular weight is 350 g/mol. The molecule has 0 aliphatic carbocycles. The smallest absolute Gasteiger partial charge is 0.218 e. The highest BCUT2D eigenvalue weighted by atomic mass is 79.9. The maximum atomic E-state index is 5.55. The molecular formula is C14H16BrN5O. The first-order valence-corrected chi connectivity index (χ1v) is 7.56. The molecule has 0 saturated carbocycles. The van der Waals surface area contributed by atoms with Gasteiger partial charge in [-0.1, -0.05) is 0 Å². The number of rotatable bonds is 4. The van der Waals surface area contributed by atoms with Gasteiger partial charge in [0.15, 0.2) is 5.65 Å². The monoisotopic (exact) mass is 349 g/mol. The number of halogens is 1. The van der Waals surface area contributed by atoms with Crippen LogP contribution in [0.2, 0.25) is 0 Å². The van der Waals surface area contributed by atoms with Crippen molar-refractivity contribution in [2.45, 2.75) is 27.0 Å². The van der Waals surface area contributed by atoms with Gasteiger partial charge in [-0.15, -0.1) is 5.10 Å². The van der Waals surface area contributed by atoms with Gasteiger partial charge in [-0.05, 0) is 48.3 Å². The summed E-state index contributed by atoms with van der Waals surface area (Å²) in [5.74, 6) is 0. The second kappa shape index (κ2) is 5.57. The predicted molar refractivity (Wildman–Crippen MR) is 83.0 cm³/mol. The lowest BCUT2D eigenvalue weighted by atomic mass is 10.1. The molecule has 7 heteroatoms. The summed E-state index contributed by atoms with van der Waals surface area (Å²) in [7, 11) is 0. The Bertz CT molecular complexity index is 779. The van der Waals surface area contributed by atoms with Crippen molar-refractivity contribution in [3.63, 3.8) is 0 Å². The molecular weight excluding hydrogens is 334 g/mol. The van der Waals surface area contributed by atoms with E-state index >= 15 is 0 Å². The van der Waals surface area contributed by atoms with E-state index in [1.165, 1.54) is 0 Å². The molecule has 0 aliphatic rings. The van der Waals surface area contributed by atoms with Crippen LogP contribution in [0.25, 0.3) is 16.8 Å². The summed E-state index contributed by atoms with van der Waals surface area (Å²) in [4.78, 5) is 4.29. The van der Waals surface area contributed by atoms with Gasteiger partial charge in [0.25, 0.3) is 0 Å². The second-order valence-corrected chi connectivity index (χ2v) is 5.53. The lowest BCUT2D eigenvalue weighted by molar-refractivity contribution is 0.0160. The lowest BCUT2D eigenvalue weighted by Crippen LogP contribution is -2.09. The van der Waals surface area contributed by atoms with Crippen molar-refractivity contribution in [1.82, 2.24) is 24.4 Å². The summed E-state index contributed by atoms with van der Waals surface area (Å²) < 4.78 is 9.71. The van der Waals surface area contributed by atoms with Crippen molar-refractivity contribution in [1.29, 1.82) is 0 Å². The quantitative estimate of drug-likeness (QED) is 0.725. The molecule has 0 aromatic carbocycles. The van der Waals surface area contributed by atoms with Crippen LogP contribution in [0.4, 0.5) is 0 Å².